The smallest absolute Gasteiger partial charge is 0.124 e. The zero-order valence-electron chi connectivity index (χ0n) is 11.5. The van der Waals surface area contributed by atoms with E-state index in [-0.39, 0.29) is 0 Å². The van der Waals surface area contributed by atoms with Gasteiger partial charge in [-0.1, -0.05) is 30.3 Å². The highest BCUT2D eigenvalue weighted by molar-refractivity contribution is 7.15. The standard InChI is InChI=1S/C17H15NOS/c1-12-16(13-8-10-15(19-2)11-9-13)18-17(20-12)14-6-4-3-5-7-14/h3-11H,1-2H3. The summed E-state index contributed by atoms with van der Waals surface area (Å²) in [6, 6.07) is 18.3. The molecule has 0 spiro atoms. The summed E-state index contributed by atoms with van der Waals surface area (Å²) in [7, 11) is 1.68. The summed E-state index contributed by atoms with van der Waals surface area (Å²) in [4.78, 5) is 6.01. The van der Waals surface area contributed by atoms with Gasteiger partial charge in [-0.25, -0.2) is 4.98 Å². The van der Waals surface area contributed by atoms with E-state index in [0.717, 1.165) is 22.0 Å². The van der Waals surface area contributed by atoms with E-state index in [0.29, 0.717) is 0 Å². The lowest BCUT2D eigenvalue weighted by molar-refractivity contribution is 0.415. The molecular formula is C17H15NOS. The Morgan fingerprint density at radius 2 is 1.60 bits per heavy atom. The number of ether oxygens (including phenoxy) is 1. The topological polar surface area (TPSA) is 22.1 Å². The summed E-state index contributed by atoms with van der Waals surface area (Å²) in [5.41, 5.74) is 3.35. The minimum atomic E-state index is 0.866. The van der Waals surface area contributed by atoms with Gasteiger partial charge in [-0.2, -0.15) is 0 Å². The molecule has 1 aromatic heterocycles. The van der Waals surface area contributed by atoms with Gasteiger partial charge in [-0.3, -0.25) is 0 Å². The summed E-state index contributed by atoms with van der Waals surface area (Å²) in [6.45, 7) is 2.11. The van der Waals surface area contributed by atoms with Crippen molar-refractivity contribution in [2.45, 2.75) is 6.92 Å². The fraction of sp³-hybridized carbons (Fsp3) is 0.118. The number of hydrogen-bond acceptors (Lipinski definition) is 3. The van der Waals surface area contributed by atoms with E-state index < -0.39 is 0 Å². The lowest BCUT2D eigenvalue weighted by Gasteiger charge is -2.01. The fourth-order valence-electron chi connectivity index (χ4n) is 2.12. The van der Waals surface area contributed by atoms with Crippen LogP contribution in [0.15, 0.2) is 54.6 Å². The summed E-state index contributed by atoms with van der Waals surface area (Å²) in [6.07, 6.45) is 0. The normalized spacial score (nSPS) is 10.5. The predicted molar refractivity (Wildman–Crippen MR) is 84.3 cm³/mol. The Morgan fingerprint density at radius 3 is 2.25 bits per heavy atom. The van der Waals surface area contributed by atoms with Crippen LogP contribution in [0.2, 0.25) is 0 Å². The van der Waals surface area contributed by atoms with Gasteiger partial charge in [0.2, 0.25) is 0 Å². The van der Waals surface area contributed by atoms with Crippen LogP contribution in [0.25, 0.3) is 21.8 Å². The van der Waals surface area contributed by atoms with Crippen molar-refractivity contribution in [3.8, 4) is 27.6 Å². The number of aromatic nitrogens is 1. The molecule has 3 heteroatoms. The number of hydrogen-bond donors (Lipinski definition) is 0. The van der Waals surface area contributed by atoms with Crippen LogP contribution in [-0.2, 0) is 0 Å². The van der Waals surface area contributed by atoms with Crippen molar-refractivity contribution in [3.63, 3.8) is 0 Å². The Morgan fingerprint density at radius 1 is 0.900 bits per heavy atom. The number of thiazole rings is 1. The summed E-state index contributed by atoms with van der Waals surface area (Å²) < 4.78 is 5.19. The highest BCUT2D eigenvalue weighted by Crippen LogP contribution is 2.33. The lowest BCUT2D eigenvalue weighted by Crippen LogP contribution is -1.84. The molecule has 3 aromatic rings. The minimum Gasteiger partial charge on any atom is -0.497 e. The molecule has 100 valence electrons. The Balaban J connectivity index is 2.00. The number of nitrogens with zero attached hydrogens (tertiary/aromatic N) is 1. The molecule has 1 heterocycles. The quantitative estimate of drug-likeness (QED) is 0.688. The van der Waals surface area contributed by atoms with Crippen molar-refractivity contribution in [3.05, 3.63) is 59.5 Å². The van der Waals surface area contributed by atoms with Gasteiger partial charge in [-0.15, -0.1) is 11.3 Å². The Bertz CT molecular complexity index is 702. The van der Waals surface area contributed by atoms with Crippen LogP contribution in [0.5, 0.6) is 5.75 Å². The van der Waals surface area contributed by atoms with E-state index in [4.69, 9.17) is 9.72 Å². The van der Waals surface area contributed by atoms with E-state index in [2.05, 4.69) is 31.2 Å². The van der Waals surface area contributed by atoms with Gasteiger partial charge in [0, 0.05) is 16.0 Å². The zero-order valence-corrected chi connectivity index (χ0v) is 12.3. The zero-order chi connectivity index (χ0) is 13.9. The molecule has 0 saturated heterocycles. The van der Waals surface area contributed by atoms with E-state index in [1.807, 2.05) is 30.3 Å². The van der Waals surface area contributed by atoms with Crippen molar-refractivity contribution in [2.75, 3.05) is 7.11 Å². The van der Waals surface area contributed by atoms with Crippen molar-refractivity contribution in [2.24, 2.45) is 0 Å². The highest BCUT2D eigenvalue weighted by Gasteiger charge is 2.11. The first-order chi connectivity index (χ1) is 9.78. The fourth-order valence-corrected chi connectivity index (χ4v) is 3.06. The van der Waals surface area contributed by atoms with Crippen molar-refractivity contribution in [1.82, 2.24) is 4.98 Å². The molecule has 0 amide bonds. The van der Waals surface area contributed by atoms with Crippen LogP contribution < -0.4 is 4.74 Å². The van der Waals surface area contributed by atoms with Crippen molar-refractivity contribution in [1.29, 1.82) is 0 Å². The number of benzene rings is 2. The van der Waals surface area contributed by atoms with Crippen LogP contribution in [-0.4, -0.2) is 12.1 Å². The number of rotatable bonds is 3. The van der Waals surface area contributed by atoms with Gasteiger partial charge in [0.25, 0.3) is 0 Å². The molecule has 0 radical (unpaired) electrons. The second-order valence-corrected chi connectivity index (χ2v) is 5.72. The molecule has 3 rings (SSSR count). The highest BCUT2D eigenvalue weighted by atomic mass is 32.1. The lowest BCUT2D eigenvalue weighted by atomic mass is 10.1. The third-order valence-corrected chi connectivity index (χ3v) is 4.20. The molecule has 2 nitrogen and oxygen atoms in total. The minimum absolute atomic E-state index is 0.866. The first-order valence-corrected chi connectivity index (χ1v) is 7.27. The molecule has 20 heavy (non-hydrogen) atoms. The molecular weight excluding hydrogens is 266 g/mol. The molecule has 0 atom stereocenters. The maximum Gasteiger partial charge on any atom is 0.124 e. The molecule has 0 bridgehead atoms. The van der Waals surface area contributed by atoms with Gasteiger partial charge in [0.05, 0.1) is 12.8 Å². The average Bonchev–Trinajstić information content (AvgIpc) is 2.90. The molecule has 0 aliphatic rings. The van der Waals surface area contributed by atoms with Gasteiger partial charge < -0.3 is 4.74 Å². The van der Waals surface area contributed by atoms with Crippen molar-refractivity contribution < 1.29 is 4.74 Å². The van der Waals surface area contributed by atoms with Gasteiger partial charge in [-0.05, 0) is 31.2 Å². The summed E-state index contributed by atoms with van der Waals surface area (Å²) in [5, 5.41) is 1.06. The monoisotopic (exact) mass is 281 g/mol. The van der Waals surface area contributed by atoms with E-state index in [1.54, 1.807) is 18.4 Å². The molecule has 0 saturated carbocycles. The van der Waals surface area contributed by atoms with Gasteiger partial charge >= 0.3 is 0 Å². The van der Waals surface area contributed by atoms with Crippen LogP contribution in [0.4, 0.5) is 0 Å². The average molecular weight is 281 g/mol. The van der Waals surface area contributed by atoms with Gasteiger partial charge in [0.1, 0.15) is 10.8 Å². The first kappa shape index (κ1) is 12.9. The van der Waals surface area contributed by atoms with Crippen LogP contribution >= 0.6 is 11.3 Å². The maximum atomic E-state index is 5.19. The van der Waals surface area contributed by atoms with E-state index in [9.17, 15) is 0 Å². The van der Waals surface area contributed by atoms with Crippen LogP contribution in [0.3, 0.4) is 0 Å². The maximum absolute atomic E-state index is 5.19. The molecule has 0 aliphatic carbocycles. The van der Waals surface area contributed by atoms with Crippen LogP contribution in [0.1, 0.15) is 4.88 Å². The van der Waals surface area contributed by atoms with E-state index in [1.165, 1.54) is 10.4 Å². The first-order valence-electron chi connectivity index (χ1n) is 6.45. The Hall–Kier alpha value is -2.13. The number of aryl methyl sites for hydroxylation is 1. The molecule has 0 aliphatic heterocycles. The van der Waals surface area contributed by atoms with Crippen molar-refractivity contribution >= 4 is 11.3 Å². The Labute approximate surface area is 122 Å². The molecule has 0 N–H and O–H groups in total. The second kappa shape index (κ2) is 5.47. The third-order valence-electron chi connectivity index (χ3n) is 3.18. The third kappa shape index (κ3) is 2.45. The summed E-state index contributed by atoms with van der Waals surface area (Å²) >= 11 is 1.73. The molecule has 2 aromatic carbocycles. The SMILES string of the molecule is COc1ccc(-c2nc(-c3ccccc3)sc2C)cc1. The second-order valence-electron chi connectivity index (χ2n) is 4.52. The predicted octanol–water partition coefficient (Wildman–Crippen LogP) is 4.79. The Kier molecular flexibility index (Phi) is 3.52. The van der Waals surface area contributed by atoms with Gasteiger partial charge in [0.15, 0.2) is 0 Å². The van der Waals surface area contributed by atoms with E-state index >= 15 is 0 Å². The largest absolute Gasteiger partial charge is 0.497 e. The van der Waals surface area contributed by atoms with Crippen LogP contribution in [0, 0.1) is 6.92 Å². The summed E-state index contributed by atoms with van der Waals surface area (Å²) in [5.74, 6) is 0.866. The molecule has 0 fully saturated rings. The number of methoxy groups -OCH3 is 1. The molecule has 0 unspecified atom stereocenters.